The van der Waals surface area contributed by atoms with Crippen LogP contribution in [0.15, 0.2) is 18.2 Å². The van der Waals surface area contributed by atoms with Gasteiger partial charge < -0.3 is 14.9 Å². The standard InChI is InChI=1S/C13H17FN2O2/c1-15-6-2-7-16(8-5-13(17)18)12-9-10(14)3-4-11(12)15/h3-4,9H,2,5-8H2,1H3,(H,17,18). The van der Waals surface area contributed by atoms with Crippen molar-refractivity contribution in [1.82, 2.24) is 0 Å². The molecule has 0 saturated carbocycles. The Bertz CT molecular complexity index is 451. The van der Waals surface area contributed by atoms with Gasteiger partial charge in [-0.2, -0.15) is 0 Å². The molecule has 1 heterocycles. The molecule has 1 N–H and O–H groups in total. The quantitative estimate of drug-likeness (QED) is 0.893. The first kappa shape index (κ1) is 12.7. The van der Waals surface area contributed by atoms with E-state index in [1.165, 1.54) is 12.1 Å². The van der Waals surface area contributed by atoms with E-state index in [9.17, 15) is 9.18 Å². The van der Waals surface area contributed by atoms with E-state index in [1.807, 2.05) is 11.9 Å². The SMILES string of the molecule is CN1CCCN(CCC(=O)O)c2cc(F)ccc21. The fraction of sp³-hybridized carbons (Fsp3) is 0.462. The summed E-state index contributed by atoms with van der Waals surface area (Å²) in [4.78, 5) is 14.7. The van der Waals surface area contributed by atoms with Crippen molar-refractivity contribution in [2.45, 2.75) is 12.8 Å². The molecule has 2 rings (SSSR count). The molecule has 0 atom stereocenters. The molecular weight excluding hydrogens is 235 g/mol. The summed E-state index contributed by atoms with van der Waals surface area (Å²) in [5.41, 5.74) is 1.75. The van der Waals surface area contributed by atoms with E-state index < -0.39 is 5.97 Å². The zero-order valence-electron chi connectivity index (χ0n) is 10.4. The minimum Gasteiger partial charge on any atom is -0.481 e. The fourth-order valence-corrected chi connectivity index (χ4v) is 2.28. The number of halogens is 1. The first-order chi connectivity index (χ1) is 8.58. The minimum absolute atomic E-state index is 0.0691. The van der Waals surface area contributed by atoms with Crippen molar-refractivity contribution in [3.05, 3.63) is 24.0 Å². The average molecular weight is 252 g/mol. The Labute approximate surface area is 106 Å². The second-order valence-corrected chi connectivity index (χ2v) is 4.54. The molecule has 0 amide bonds. The number of hydrogen-bond acceptors (Lipinski definition) is 3. The number of hydrogen-bond donors (Lipinski definition) is 1. The number of carboxylic acid groups (broad SMARTS) is 1. The Morgan fingerprint density at radius 1 is 1.39 bits per heavy atom. The molecule has 0 aromatic heterocycles. The number of anilines is 2. The number of carboxylic acids is 1. The summed E-state index contributed by atoms with van der Waals surface area (Å²) in [7, 11) is 1.97. The van der Waals surface area contributed by atoms with Crippen LogP contribution in [0.1, 0.15) is 12.8 Å². The Morgan fingerprint density at radius 2 is 2.17 bits per heavy atom. The van der Waals surface area contributed by atoms with Crippen LogP contribution >= 0.6 is 0 Å². The molecule has 4 nitrogen and oxygen atoms in total. The van der Waals surface area contributed by atoms with Crippen molar-refractivity contribution in [3.8, 4) is 0 Å². The monoisotopic (exact) mass is 252 g/mol. The van der Waals surface area contributed by atoms with Gasteiger partial charge in [0.05, 0.1) is 17.8 Å². The summed E-state index contributed by atoms with van der Waals surface area (Å²) in [6.45, 7) is 2.07. The zero-order valence-corrected chi connectivity index (χ0v) is 10.4. The Hall–Kier alpha value is -1.78. The molecule has 0 fully saturated rings. The van der Waals surface area contributed by atoms with Crippen LogP contribution in [0, 0.1) is 5.82 Å². The molecule has 18 heavy (non-hydrogen) atoms. The van der Waals surface area contributed by atoms with Crippen molar-refractivity contribution in [3.63, 3.8) is 0 Å². The summed E-state index contributed by atoms with van der Waals surface area (Å²) < 4.78 is 13.4. The fourth-order valence-electron chi connectivity index (χ4n) is 2.28. The van der Waals surface area contributed by atoms with Crippen LogP contribution in [0.4, 0.5) is 15.8 Å². The lowest BCUT2D eigenvalue weighted by molar-refractivity contribution is -0.136. The van der Waals surface area contributed by atoms with E-state index >= 15 is 0 Å². The van der Waals surface area contributed by atoms with Crippen LogP contribution in [0.25, 0.3) is 0 Å². The molecule has 0 bridgehead atoms. The first-order valence-corrected chi connectivity index (χ1v) is 6.05. The third-order valence-electron chi connectivity index (χ3n) is 3.21. The van der Waals surface area contributed by atoms with Crippen molar-refractivity contribution in [1.29, 1.82) is 0 Å². The van der Waals surface area contributed by atoms with Gasteiger partial charge in [0.2, 0.25) is 0 Å². The topological polar surface area (TPSA) is 43.8 Å². The summed E-state index contributed by atoms with van der Waals surface area (Å²) in [5, 5.41) is 8.76. The Morgan fingerprint density at radius 3 is 2.89 bits per heavy atom. The van der Waals surface area contributed by atoms with Crippen molar-refractivity contribution in [2.75, 3.05) is 36.5 Å². The molecule has 0 saturated heterocycles. The lowest BCUT2D eigenvalue weighted by Gasteiger charge is -2.25. The third-order valence-corrected chi connectivity index (χ3v) is 3.21. The molecule has 0 radical (unpaired) electrons. The second kappa shape index (κ2) is 5.25. The molecule has 1 aliphatic rings. The minimum atomic E-state index is -0.828. The van der Waals surface area contributed by atoms with Crippen LogP contribution in [0.3, 0.4) is 0 Å². The van der Waals surface area contributed by atoms with Crippen LogP contribution < -0.4 is 9.80 Å². The molecule has 0 spiro atoms. The lowest BCUT2D eigenvalue weighted by Crippen LogP contribution is -2.26. The largest absolute Gasteiger partial charge is 0.481 e. The van der Waals surface area contributed by atoms with E-state index in [0.717, 1.165) is 30.9 Å². The van der Waals surface area contributed by atoms with Crippen LogP contribution in [-0.2, 0) is 4.79 Å². The maximum atomic E-state index is 13.4. The zero-order chi connectivity index (χ0) is 13.1. The summed E-state index contributed by atoms with van der Waals surface area (Å²) in [6.07, 6.45) is 1.01. The number of fused-ring (bicyclic) bond motifs is 1. The number of nitrogens with zero attached hydrogens (tertiary/aromatic N) is 2. The number of benzene rings is 1. The Kier molecular flexibility index (Phi) is 3.69. The van der Waals surface area contributed by atoms with Gasteiger partial charge in [0.1, 0.15) is 5.82 Å². The van der Waals surface area contributed by atoms with Crippen molar-refractivity contribution < 1.29 is 14.3 Å². The molecule has 0 unspecified atom stereocenters. The number of rotatable bonds is 3. The van der Waals surface area contributed by atoms with Crippen LogP contribution in [0.2, 0.25) is 0 Å². The van der Waals surface area contributed by atoms with Gasteiger partial charge in [-0.15, -0.1) is 0 Å². The highest BCUT2D eigenvalue weighted by Gasteiger charge is 2.19. The van der Waals surface area contributed by atoms with Crippen molar-refractivity contribution in [2.24, 2.45) is 0 Å². The Balaban J connectivity index is 2.29. The predicted molar refractivity (Wildman–Crippen MR) is 68.8 cm³/mol. The highest BCUT2D eigenvalue weighted by Crippen LogP contribution is 2.32. The maximum absolute atomic E-state index is 13.4. The summed E-state index contributed by atoms with van der Waals surface area (Å²) >= 11 is 0. The van der Waals surface area contributed by atoms with Gasteiger partial charge in [-0.3, -0.25) is 4.79 Å². The van der Waals surface area contributed by atoms with Crippen LogP contribution in [0.5, 0.6) is 0 Å². The van der Waals surface area contributed by atoms with Gasteiger partial charge in [-0.1, -0.05) is 0 Å². The van der Waals surface area contributed by atoms with E-state index in [2.05, 4.69) is 4.90 Å². The van der Waals surface area contributed by atoms with Crippen LogP contribution in [-0.4, -0.2) is 37.8 Å². The highest BCUT2D eigenvalue weighted by atomic mass is 19.1. The molecule has 0 aliphatic carbocycles. The normalized spacial score (nSPS) is 15.2. The van der Waals surface area contributed by atoms with Gasteiger partial charge in [-0.05, 0) is 24.6 Å². The third kappa shape index (κ3) is 2.72. The highest BCUT2D eigenvalue weighted by molar-refractivity contribution is 5.73. The molecule has 1 aromatic rings. The van der Waals surface area contributed by atoms with Gasteiger partial charge in [0.25, 0.3) is 0 Å². The predicted octanol–water partition coefficient (Wildman–Crippen LogP) is 1.95. The van der Waals surface area contributed by atoms with Gasteiger partial charge in [-0.25, -0.2) is 4.39 Å². The average Bonchev–Trinajstić information content (AvgIpc) is 2.46. The van der Waals surface area contributed by atoms with E-state index in [0.29, 0.717) is 6.54 Å². The second-order valence-electron chi connectivity index (χ2n) is 4.54. The lowest BCUT2D eigenvalue weighted by atomic mass is 10.2. The number of carbonyl (C=O) groups is 1. The van der Waals surface area contributed by atoms with E-state index in [4.69, 9.17) is 5.11 Å². The van der Waals surface area contributed by atoms with E-state index in [1.54, 1.807) is 6.07 Å². The molecule has 98 valence electrons. The molecular formula is C13H17FN2O2. The summed E-state index contributed by atoms with van der Waals surface area (Å²) in [5.74, 6) is -1.12. The molecule has 1 aromatic carbocycles. The molecule has 5 heteroatoms. The number of aliphatic carboxylic acids is 1. The summed E-state index contributed by atoms with van der Waals surface area (Å²) in [6, 6.07) is 4.68. The molecule has 1 aliphatic heterocycles. The first-order valence-electron chi connectivity index (χ1n) is 6.05. The van der Waals surface area contributed by atoms with Gasteiger partial charge in [0, 0.05) is 26.7 Å². The van der Waals surface area contributed by atoms with Gasteiger partial charge >= 0.3 is 5.97 Å². The smallest absolute Gasteiger partial charge is 0.305 e. The maximum Gasteiger partial charge on any atom is 0.305 e. The van der Waals surface area contributed by atoms with Gasteiger partial charge in [0.15, 0.2) is 0 Å². The van der Waals surface area contributed by atoms with Crippen molar-refractivity contribution >= 4 is 17.3 Å². The van der Waals surface area contributed by atoms with E-state index in [-0.39, 0.29) is 12.2 Å².